The van der Waals surface area contributed by atoms with Crippen LogP contribution in [0, 0.1) is 0 Å². The number of phenols is 1. The lowest BCUT2D eigenvalue weighted by Gasteiger charge is -2.19. The Morgan fingerprint density at radius 2 is 0.628 bits per heavy atom. The van der Waals surface area contributed by atoms with E-state index in [1.54, 1.807) is 0 Å². The number of hydrogen-bond donors (Lipinski definition) is 1. The Morgan fingerprint density at radius 1 is 0.395 bits per heavy atom. The van der Waals surface area contributed by atoms with E-state index >= 15 is 0 Å². The molecule has 0 radical (unpaired) electrons. The van der Waals surface area contributed by atoms with E-state index in [0.29, 0.717) is 17.6 Å². The lowest BCUT2D eigenvalue weighted by molar-refractivity contribution is 0.441. The average molecular weight is 599 g/mol. The van der Waals surface area contributed by atoms with Gasteiger partial charge in [0.05, 0.1) is 0 Å². The van der Waals surface area contributed by atoms with E-state index in [-0.39, 0.29) is 0 Å². The fourth-order valence-corrected chi connectivity index (χ4v) is 6.98. The summed E-state index contributed by atoms with van der Waals surface area (Å²) in [5, 5.41) is 11.2. The van der Waals surface area contributed by atoms with E-state index in [9.17, 15) is 5.11 Å². The van der Waals surface area contributed by atoms with E-state index in [0.717, 1.165) is 0 Å². The molecule has 0 aliphatic rings. The van der Waals surface area contributed by atoms with Crippen LogP contribution in [0.5, 0.6) is 5.75 Å². The summed E-state index contributed by atoms with van der Waals surface area (Å²) in [5.74, 6) is 1.49. The fraction of sp³-hybridized carbons (Fsp3) is 0.857. The van der Waals surface area contributed by atoms with Crippen LogP contribution in [0.2, 0.25) is 0 Å². The summed E-state index contributed by atoms with van der Waals surface area (Å²) >= 11 is 0. The number of para-hydroxylation sites is 1. The summed E-state index contributed by atoms with van der Waals surface area (Å²) in [5.41, 5.74) is 2.36. The van der Waals surface area contributed by atoms with E-state index in [1.807, 2.05) is 0 Å². The van der Waals surface area contributed by atoms with E-state index in [4.69, 9.17) is 0 Å². The van der Waals surface area contributed by atoms with Crippen molar-refractivity contribution in [2.24, 2.45) is 0 Å². The monoisotopic (exact) mass is 599 g/mol. The highest BCUT2D eigenvalue weighted by Gasteiger charge is 2.17. The normalized spacial score (nSPS) is 13.0. The second kappa shape index (κ2) is 29.7. The molecule has 2 atom stereocenters. The average Bonchev–Trinajstić information content (AvgIpc) is 3.01. The van der Waals surface area contributed by atoms with Gasteiger partial charge in [-0.1, -0.05) is 226 Å². The summed E-state index contributed by atoms with van der Waals surface area (Å²) < 4.78 is 0. The lowest BCUT2D eigenvalue weighted by Crippen LogP contribution is -2.00. The molecule has 2 unspecified atom stereocenters. The molecule has 0 aromatic heterocycles. The summed E-state index contributed by atoms with van der Waals surface area (Å²) in [7, 11) is 0. The minimum absolute atomic E-state index is 0.450. The standard InChI is InChI=1S/C42H78O/c1-5-7-9-11-13-15-17-19-21-23-25-27-29-31-34-38(3)40-36-33-37-41(42(40)43)39(4)35-32-30-28-26-24-22-20-18-16-14-12-10-8-6-2/h33,36-39,43H,5-32,34-35H2,1-4H3. The maximum Gasteiger partial charge on any atom is 0.122 e. The van der Waals surface area contributed by atoms with Gasteiger partial charge in [-0.25, -0.2) is 0 Å². The molecule has 0 saturated heterocycles. The number of hydrogen-bond acceptors (Lipinski definition) is 1. The van der Waals surface area contributed by atoms with Crippen molar-refractivity contribution in [2.45, 2.75) is 232 Å². The molecule has 0 bridgehead atoms. The van der Waals surface area contributed by atoms with Gasteiger partial charge in [0.15, 0.2) is 0 Å². The zero-order valence-electron chi connectivity index (χ0n) is 30.0. The molecule has 252 valence electrons. The topological polar surface area (TPSA) is 20.2 Å². The SMILES string of the molecule is CCCCCCCCCCCCCCCCC(C)c1cccc(C(C)CCCCCCCCCCCCCCCC)c1O. The van der Waals surface area contributed by atoms with Crippen LogP contribution in [-0.4, -0.2) is 5.11 Å². The van der Waals surface area contributed by atoms with Crippen molar-refractivity contribution in [3.05, 3.63) is 29.3 Å². The highest BCUT2D eigenvalue weighted by Crippen LogP contribution is 2.37. The molecule has 0 spiro atoms. The van der Waals surface area contributed by atoms with Crippen molar-refractivity contribution in [3.63, 3.8) is 0 Å². The number of rotatable bonds is 32. The van der Waals surface area contributed by atoms with Gasteiger partial charge in [0.2, 0.25) is 0 Å². The Labute approximate surface area is 271 Å². The zero-order valence-corrected chi connectivity index (χ0v) is 30.0. The van der Waals surface area contributed by atoms with Crippen molar-refractivity contribution in [2.75, 3.05) is 0 Å². The zero-order chi connectivity index (χ0) is 31.2. The van der Waals surface area contributed by atoms with E-state index < -0.39 is 0 Å². The maximum absolute atomic E-state index is 11.2. The molecule has 0 aliphatic carbocycles. The van der Waals surface area contributed by atoms with Crippen LogP contribution in [-0.2, 0) is 0 Å². The van der Waals surface area contributed by atoms with Crippen LogP contribution in [0.4, 0.5) is 0 Å². The van der Waals surface area contributed by atoms with Crippen molar-refractivity contribution in [1.29, 1.82) is 0 Å². The fourth-order valence-electron chi connectivity index (χ4n) is 6.98. The van der Waals surface area contributed by atoms with Crippen LogP contribution in [0.1, 0.15) is 243 Å². The van der Waals surface area contributed by atoms with Crippen molar-refractivity contribution in [3.8, 4) is 5.75 Å². The van der Waals surface area contributed by atoms with Crippen molar-refractivity contribution >= 4 is 0 Å². The third-order valence-corrected chi connectivity index (χ3v) is 10.1. The number of unbranched alkanes of at least 4 members (excludes halogenated alkanes) is 26. The minimum atomic E-state index is 0.450. The molecule has 43 heavy (non-hydrogen) atoms. The minimum Gasteiger partial charge on any atom is -0.507 e. The van der Waals surface area contributed by atoms with Crippen LogP contribution in [0.3, 0.4) is 0 Å². The first-order valence-electron chi connectivity index (χ1n) is 19.9. The third-order valence-electron chi connectivity index (χ3n) is 10.1. The summed E-state index contributed by atoms with van der Waals surface area (Å²) in [6.07, 6.45) is 41.9. The maximum atomic E-state index is 11.2. The molecule has 0 saturated carbocycles. The molecule has 1 heteroatoms. The molecular formula is C42H78O. The van der Waals surface area contributed by atoms with Gasteiger partial charge in [0.25, 0.3) is 0 Å². The second-order valence-electron chi connectivity index (χ2n) is 14.4. The lowest BCUT2D eigenvalue weighted by atomic mass is 9.87. The van der Waals surface area contributed by atoms with Gasteiger partial charge in [-0.2, -0.15) is 0 Å². The van der Waals surface area contributed by atoms with Crippen LogP contribution in [0.25, 0.3) is 0 Å². The molecule has 1 N–H and O–H groups in total. The van der Waals surface area contributed by atoms with E-state index in [1.165, 1.54) is 204 Å². The highest BCUT2D eigenvalue weighted by molar-refractivity contribution is 5.44. The molecule has 1 rings (SSSR count). The van der Waals surface area contributed by atoms with Crippen molar-refractivity contribution < 1.29 is 5.11 Å². The predicted octanol–water partition coefficient (Wildman–Crippen LogP) is 15.3. The van der Waals surface area contributed by atoms with Gasteiger partial charge in [0, 0.05) is 0 Å². The number of aromatic hydroxyl groups is 1. The molecule has 1 aromatic carbocycles. The molecular weight excluding hydrogens is 520 g/mol. The molecule has 1 nitrogen and oxygen atoms in total. The first kappa shape index (κ1) is 40.0. The van der Waals surface area contributed by atoms with Crippen molar-refractivity contribution in [1.82, 2.24) is 0 Å². The quantitative estimate of drug-likeness (QED) is 0.0818. The van der Waals surface area contributed by atoms with Gasteiger partial charge in [-0.05, 0) is 35.8 Å². The van der Waals surface area contributed by atoms with Gasteiger partial charge in [-0.3, -0.25) is 0 Å². The molecule has 0 aliphatic heterocycles. The Morgan fingerprint density at radius 3 is 0.884 bits per heavy atom. The van der Waals surface area contributed by atoms with Gasteiger partial charge >= 0.3 is 0 Å². The van der Waals surface area contributed by atoms with E-state index in [2.05, 4.69) is 45.9 Å². The predicted molar refractivity (Wildman–Crippen MR) is 195 cm³/mol. The van der Waals surface area contributed by atoms with Crippen LogP contribution < -0.4 is 0 Å². The van der Waals surface area contributed by atoms with Gasteiger partial charge < -0.3 is 5.11 Å². The third kappa shape index (κ3) is 22.2. The van der Waals surface area contributed by atoms with Crippen LogP contribution in [0.15, 0.2) is 18.2 Å². The highest BCUT2D eigenvalue weighted by atomic mass is 16.3. The van der Waals surface area contributed by atoms with Gasteiger partial charge in [-0.15, -0.1) is 0 Å². The molecule has 0 fully saturated rings. The largest absolute Gasteiger partial charge is 0.507 e. The Hall–Kier alpha value is -0.980. The Bertz CT molecular complexity index is 653. The first-order valence-corrected chi connectivity index (χ1v) is 19.9. The van der Waals surface area contributed by atoms with Crippen LogP contribution >= 0.6 is 0 Å². The Kier molecular flexibility index (Phi) is 27.7. The number of phenolic OH excluding ortho intramolecular Hbond substituents is 1. The molecule has 0 amide bonds. The number of benzene rings is 1. The first-order chi connectivity index (χ1) is 21.1. The summed E-state index contributed by atoms with van der Waals surface area (Å²) in [6, 6.07) is 6.53. The Balaban J connectivity index is 2.08. The molecule has 0 heterocycles. The molecule has 1 aromatic rings. The van der Waals surface area contributed by atoms with Gasteiger partial charge in [0.1, 0.15) is 5.75 Å². The summed E-state index contributed by atoms with van der Waals surface area (Å²) in [4.78, 5) is 0. The second-order valence-corrected chi connectivity index (χ2v) is 14.4. The smallest absolute Gasteiger partial charge is 0.122 e. The summed E-state index contributed by atoms with van der Waals surface area (Å²) in [6.45, 7) is 9.23.